The van der Waals surface area contributed by atoms with Gasteiger partial charge in [-0.15, -0.1) is 0 Å². The van der Waals surface area contributed by atoms with E-state index in [1.807, 2.05) is 6.07 Å². The highest BCUT2D eigenvalue weighted by atomic mass is 16.5. The number of fused-ring (bicyclic) bond motifs is 1. The Morgan fingerprint density at radius 2 is 1.80 bits per heavy atom. The van der Waals surface area contributed by atoms with E-state index in [1.54, 1.807) is 6.07 Å². The number of likely N-dealkylation sites (tertiary alicyclic amines) is 1. The Bertz CT molecular complexity index is 871. The molecule has 2 aromatic carbocycles. The molecule has 0 amide bonds. The van der Waals surface area contributed by atoms with Crippen LogP contribution < -0.4 is 4.74 Å². The number of ether oxygens (including phenoxy) is 1. The van der Waals surface area contributed by atoms with E-state index in [0.29, 0.717) is 23.6 Å². The summed E-state index contributed by atoms with van der Waals surface area (Å²) in [6.07, 6.45) is 2.46. The molecule has 162 valence electrons. The van der Waals surface area contributed by atoms with Gasteiger partial charge in [-0.3, -0.25) is 0 Å². The lowest BCUT2D eigenvalue weighted by molar-refractivity contribution is 0.119. The van der Waals surface area contributed by atoms with Crippen LogP contribution >= 0.6 is 0 Å². The number of hydrogen-bond donors (Lipinski definition) is 1. The van der Waals surface area contributed by atoms with Crippen LogP contribution in [0, 0.1) is 12.8 Å². The Morgan fingerprint density at radius 3 is 2.50 bits per heavy atom. The molecule has 1 saturated heterocycles. The van der Waals surface area contributed by atoms with Crippen molar-refractivity contribution in [1.29, 1.82) is 0 Å². The molecule has 2 heterocycles. The van der Waals surface area contributed by atoms with Crippen molar-refractivity contribution < 1.29 is 9.84 Å². The van der Waals surface area contributed by atoms with E-state index in [-0.39, 0.29) is 0 Å². The third-order valence-corrected chi connectivity index (χ3v) is 6.92. The second-order valence-corrected chi connectivity index (χ2v) is 9.53. The van der Waals surface area contributed by atoms with Crippen LogP contribution in [0.1, 0.15) is 54.9 Å². The maximum absolute atomic E-state index is 9.80. The molecule has 2 aromatic rings. The summed E-state index contributed by atoms with van der Waals surface area (Å²) in [6, 6.07) is 13.1. The largest absolute Gasteiger partial charge is 0.508 e. The van der Waals surface area contributed by atoms with E-state index in [9.17, 15) is 5.11 Å². The van der Waals surface area contributed by atoms with Crippen molar-refractivity contribution in [2.24, 2.45) is 5.92 Å². The number of nitrogens with zero attached hydrogens (tertiary/aromatic N) is 2. The molecular weight excluding hydrogens is 372 g/mol. The topological polar surface area (TPSA) is 35.9 Å². The molecule has 1 N–H and O–H groups in total. The minimum Gasteiger partial charge on any atom is -0.508 e. The first-order valence-electron chi connectivity index (χ1n) is 11.4. The van der Waals surface area contributed by atoms with E-state index in [0.717, 1.165) is 31.0 Å². The minimum atomic E-state index is 0.328. The van der Waals surface area contributed by atoms with E-state index < -0.39 is 0 Å². The molecule has 0 aromatic heterocycles. The lowest BCUT2D eigenvalue weighted by atomic mass is 9.83. The van der Waals surface area contributed by atoms with Crippen LogP contribution in [0.5, 0.6) is 11.5 Å². The molecule has 30 heavy (non-hydrogen) atoms. The van der Waals surface area contributed by atoms with Crippen LogP contribution in [0.15, 0.2) is 36.4 Å². The Morgan fingerprint density at radius 1 is 1.07 bits per heavy atom. The Kier molecular flexibility index (Phi) is 6.35. The van der Waals surface area contributed by atoms with E-state index >= 15 is 0 Å². The van der Waals surface area contributed by atoms with Gasteiger partial charge in [-0.05, 0) is 106 Å². The molecular formula is C26H36N2O2. The minimum absolute atomic E-state index is 0.328. The molecule has 2 aliphatic heterocycles. The molecule has 1 atom stereocenters. The first-order chi connectivity index (χ1) is 14.4. The van der Waals surface area contributed by atoms with Gasteiger partial charge in [-0.2, -0.15) is 0 Å². The first kappa shape index (κ1) is 21.2. The fourth-order valence-electron chi connectivity index (χ4n) is 5.08. The van der Waals surface area contributed by atoms with Gasteiger partial charge in [0, 0.05) is 25.0 Å². The van der Waals surface area contributed by atoms with Gasteiger partial charge in [-0.25, -0.2) is 0 Å². The quantitative estimate of drug-likeness (QED) is 0.773. The highest BCUT2D eigenvalue weighted by Gasteiger charge is 2.27. The summed E-state index contributed by atoms with van der Waals surface area (Å²) in [6.45, 7) is 11.8. The van der Waals surface area contributed by atoms with Crippen LogP contribution in [0.3, 0.4) is 0 Å². The summed E-state index contributed by atoms with van der Waals surface area (Å²) in [4.78, 5) is 4.95. The van der Waals surface area contributed by atoms with Gasteiger partial charge in [-0.1, -0.05) is 12.1 Å². The molecule has 0 aliphatic carbocycles. The smallest absolute Gasteiger partial charge is 0.119 e. The number of benzene rings is 2. The molecule has 0 radical (unpaired) electrons. The summed E-state index contributed by atoms with van der Waals surface area (Å²) in [5.41, 5.74) is 5.19. The number of aromatic hydroxyl groups is 1. The van der Waals surface area contributed by atoms with E-state index in [2.05, 4.69) is 61.9 Å². The van der Waals surface area contributed by atoms with E-state index in [4.69, 9.17) is 4.74 Å². The van der Waals surface area contributed by atoms with Gasteiger partial charge in [0.25, 0.3) is 0 Å². The molecule has 4 heteroatoms. The summed E-state index contributed by atoms with van der Waals surface area (Å²) in [5, 5.41) is 9.80. The highest BCUT2D eigenvalue weighted by Crippen LogP contribution is 2.37. The van der Waals surface area contributed by atoms with Crippen molar-refractivity contribution >= 4 is 0 Å². The fraction of sp³-hybridized carbons (Fsp3) is 0.538. The number of rotatable bonds is 5. The van der Waals surface area contributed by atoms with Crippen molar-refractivity contribution in [3.8, 4) is 11.5 Å². The van der Waals surface area contributed by atoms with E-state index in [1.165, 1.54) is 42.6 Å². The lowest BCUT2D eigenvalue weighted by Crippen LogP contribution is -2.39. The number of phenolic OH excluding ortho intramolecular Hbond substituents is 1. The number of piperidine rings is 1. The van der Waals surface area contributed by atoms with Gasteiger partial charge in [0.1, 0.15) is 11.5 Å². The van der Waals surface area contributed by atoms with Gasteiger partial charge in [0.15, 0.2) is 0 Å². The predicted molar refractivity (Wildman–Crippen MR) is 122 cm³/mol. The second kappa shape index (κ2) is 8.99. The highest BCUT2D eigenvalue weighted by molar-refractivity contribution is 5.47. The Labute approximate surface area is 181 Å². The van der Waals surface area contributed by atoms with Gasteiger partial charge < -0.3 is 19.6 Å². The third-order valence-electron chi connectivity index (χ3n) is 6.92. The Hall–Kier alpha value is -2.04. The summed E-state index contributed by atoms with van der Waals surface area (Å²) < 4.78 is 6.25. The normalized spacial score (nSPS) is 21.0. The van der Waals surface area contributed by atoms with Crippen LogP contribution in [-0.2, 0) is 6.54 Å². The molecule has 4 rings (SSSR count). The standard InChI is InChI=1S/C26H36N2O2/c1-18(2)28-11-9-20(10-12-28)17-30-23-6-8-25-21(14-23)15-27(4)16-26(25)24-7-5-22(29)13-19(24)3/h5-8,13-14,18,20,26,29H,9-12,15-17H2,1-4H3. The number of likely N-dealkylation sites (N-methyl/N-ethyl adjacent to an activating group) is 1. The SMILES string of the molecule is Cc1cc(O)ccc1C1CN(C)Cc2cc(OCC3CCN(C(C)C)CC3)ccc21. The average Bonchev–Trinajstić information content (AvgIpc) is 2.72. The summed E-state index contributed by atoms with van der Waals surface area (Å²) >= 11 is 0. The number of hydrogen-bond acceptors (Lipinski definition) is 4. The molecule has 0 bridgehead atoms. The molecule has 1 fully saturated rings. The van der Waals surface area contributed by atoms with Gasteiger partial charge >= 0.3 is 0 Å². The zero-order chi connectivity index (χ0) is 21.3. The average molecular weight is 409 g/mol. The van der Waals surface area contributed by atoms with Crippen molar-refractivity contribution in [3.63, 3.8) is 0 Å². The first-order valence-corrected chi connectivity index (χ1v) is 11.4. The van der Waals surface area contributed by atoms with Crippen molar-refractivity contribution in [3.05, 3.63) is 58.7 Å². The maximum Gasteiger partial charge on any atom is 0.119 e. The van der Waals surface area contributed by atoms with Crippen LogP contribution in [0.25, 0.3) is 0 Å². The fourth-order valence-corrected chi connectivity index (χ4v) is 5.08. The van der Waals surface area contributed by atoms with Gasteiger partial charge in [0.05, 0.1) is 6.61 Å². The van der Waals surface area contributed by atoms with Crippen molar-refractivity contribution in [2.75, 3.05) is 33.3 Å². The summed E-state index contributed by atoms with van der Waals surface area (Å²) in [5.74, 6) is 2.32. The molecule has 1 unspecified atom stereocenters. The van der Waals surface area contributed by atoms with Crippen LogP contribution in [0.4, 0.5) is 0 Å². The molecule has 0 saturated carbocycles. The Balaban J connectivity index is 1.46. The van der Waals surface area contributed by atoms with Crippen LogP contribution in [-0.4, -0.2) is 54.2 Å². The summed E-state index contributed by atoms with van der Waals surface area (Å²) in [7, 11) is 2.18. The molecule has 0 spiro atoms. The van der Waals surface area contributed by atoms with Crippen LogP contribution in [0.2, 0.25) is 0 Å². The second-order valence-electron chi connectivity index (χ2n) is 9.53. The van der Waals surface area contributed by atoms with Crippen molar-refractivity contribution in [1.82, 2.24) is 9.80 Å². The zero-order valence-corrected chi connectivity index (χ0v) is 18.9. The lowest BCUT2D eigenvalue weighted by Gasteiger charge is -2.35. The molecule has 4 nitrogen and oxygen atoms in total. The molecule has 2 aliphatic rings. The maximum atomic E-state index is 9.80. The number of phenols is 1. The number of aryl methyl sites for hydroxylation is 1. The monoisotopic (exact) mass is 408 g/mol. The predicted octanol–water partition coefficient (Wildman–Crippen LogP) is 4.78. The van der Waals surface area contributed by atoms with Crippen molar-refractivity contribution in [2.45, 2.75) is 52.1 Å². The van der Waals surface area contributed by atoms with Gasteiger partial charge in [0.2, 0.25) is 0 Å². The third kappa shape index (κ3) is 4.65. The zero-order valence-electron chi connectivity index (χ0n) is 18.9.